The van der Waals surface area contributed by atoms with Crippen molar-refractivity contribution in [3.05, 3.63) is 41.6 Å². The van der Waals surface area contributed by atoms with Gasteiger partial charge >= 0.3 is 6.03 Å². The Morgan fingerprint density at radius 3 is 2.15 bits per heavy atom. The van der Waals surface area contributed by atoms with Gasteiger partial charge in [0.1, 0.15) is 12.4 Å². The molecule has 7 nitrogen and oxygen atoms in total. The zero-order valence-corrected chi connectivity index (χ0v) is 21.6. The highest BCUT2D eigenvalue weighted by Gasteiger charge is 2.26. The number of nitrogens with one attached hydrogen (secondary N) is 2. The predicted molar refractivity (Wildman–Crippen MR) is 136 cm³/mol. The van der Waals surface area contributed by atoms with Crippen LogP contribution in [0.2, 0.25) is 0 Å². The van der Waals surface area contributed by atoms with Gasteiger partial charge < -0.3 is 15.5 Å². The van der Waals surface area contributed by atoms with Crippen LogP contribution in [0.3, 0.4) is 0 Å². The van der Waals surface area contributed by atoms with Crippen molar-refractivity contribution in [2.24, 2.45) is 0 Å². The first-order chi connectivity index (χ1) is 15.3. The van der Waals surface area contributed by atoms with Crippen molar-refractivity contribution in [2.75, 3.05) is 23.7 Å². The third kappa shape index (κ3) is 7.62. The van der Waals surface area contributed by atoms with Crippen LogP contribution in [0.15, 0.2) is 30.3 Å². The van der Waals surface area contributed by atoms with Crippen molar-refractivity contribution in [3.8, 4) is 0 Å². The summed E-state index contributed by atoms with van der Waals surface area (Å²) in [5, 5.41) is 10.7. The summed E-state index contributed by atoms with van der Waals surface area (Å²) in [5.41, 5.74) is 2.40. The van der Waals surface area contributed by atoms with Crippen LogP contribution in [0.5, 0.6) is 0 Å². The van der Waals surface area contributed by atoms with E-state index in [1.165, 1.54) is 5.56 Å². The monoisotopic (exact) mass is 455 g/mol. The van der Waals surface area contributed by atoms with Gasteiger partial charge in [-0.3, -0.25) is 4.79 Å². The molecule has 0 fully saturated rings. The maximum Gasteiger partial charge on any atom is 0.322 e. The molecule has 2 aromatic rings. The summed E-state index contributed by atoms with van der Waals surface area (Å²) in [6, 6.07) is 9.44. The van der Waals surface area contributed by atoms with Crippen LogP contribution in [0.1, 0.15) is 79.5 Å². The zero-order chi connectivity index (χ0) is 24.8. The van der Waals surface area contributed by atoms with Gasteiger partial charge in [0.15, 0.2) is 0 Å². The van der Waals surface area contributed by atoms with E-state index in [2.05, 4.69) is 45.3 Å². The second kappa shape index (κ2) is 10.9. The third-order valence-electron chi connectivity index (χ3n) is 5.40. The van der Waals surface area contributed by atoms with Gasteiger partial charge in [-0.05, 0) is 51.3 Å². The Morgan fingerprint density at radius 1 is 1.00 bits per heavy atom. The second-order valence-corrected chi connectivity index (χ2v) is 10.6. The average Bonchev–Trinajstić information content (AvgIpc) is 3.16. The van der Waals surface area contributed by atoms with Gasteiger partial charge in [-0.25, -0.2) is 9.48 Å². The maximum absolute atomic E-state index is 13.0. The maximum atomic E-state index is 13.0. The Labute approximate surface area is 198 Å². The standard InChI is InChI=1S/C26H41N5O2/c1-9-11-16-30(24(33)27-20-14-12-19(10-2)13-15-20)18-23(32)28-22-17-21(25(3,4)5)29-31(22)26(6,7)8/h12-15,17H,9-11,16,18H2,1-8H3,(H,27,33)(H,28,32). The molecule has 2 rings (SSSR count). The minimum absolute atomic E-state index is 0.0287. The van der Waals surface area contributed by atoms with Gasteiger partial charge in [0.2, 0.25) is 5.91 Å². The predicted octanol–water partition coefficient (Wildman–Crippen LogP) is 5.77. The highest BCUT2D eigenvalue weighted by molar-refractivity contribution is 5.96. The van der Waals surface area contributed by atoms with E-state index in [0.29, 0.717) is 12.4 Å². The Morgan fingerprint density at radius 2 is 1.64 bits per heavy atom. The van der Waals surface area contributed by atoms with Crippen LogP contribution in [0, 0.1) is 0 Å². The van der Waals surface area contributed by atoms with Crippen molar-refractivity contribution in [2.45, 2.75) is 85.6 Å². The van der Waals surface area contributed by atoms with Gasteiger partial charge in [0.25, 0.3) is 0 Å². The first-order valence-corrected chi connectivity index (χ1v) is 11.9. The molecule has 0 aliphatic heterocycles. The van der Waals surface area contributed by atoms with Crippen LogP contribution >= 0.6 is 0 Å². The number of carbonyl (C=O) groups is 2. The average molecular weight is 456 g/mol. The summed E-state index contributed by atoms with van der Waals surface area (Å²) < 4.78 is 1.84. The van der Waals surface area contributed by atoms with Crippen molar-refractivity contribution in [1.29, 1.82) is 0 Å². The number of carbonyl (C=O) groups excluding carboxylic acids is 2. The number of amides is 3. The fourth-order valence-corrected chi connectivity index (χ4v) is 3.33. The fraction of sp³-hybridized carbons (Fsp3) is 0.577. The number of benzene rings is 1. The van der Waals surface area contributed by atoms with Gasteiger partial charge in [-0.15, -0.1) is 0 Å². The number of unbranched alkanes of at least 4 members (excludes halogenated alkanes) is 1. The van der Waals surface area contributed by atoms with Gasteiger partial charge in [0, 0.05) is 23.7 Å². The molecule has 3 amide bonds. The molecule has 7 heteroatoms. The third-order valence-corrected chi connectivity index (χ3v) is 5.40. The number of urea groups is 1. The molecule has 0 atom stereocenters. The second-order valence-electron chi connectivity index (χ2n) is 10.6. The molecule has 0 aliphatic rings. The summed E-state index contributed by atoms with van der Waals surface area (Å²) in [5.74, 6) is 0.400. The van der Waals surface area contributed by atoms with Crippen LogP contribution in [0.25, 0.3) is 0 Å². The number of hydrogen-bond acceptors (Lipinski definition) is 3. The summed E-state index contributed by atoms with van der Waals surface area (Å²) in [7, 11) is 0. The SMILES string of the molecule is CCCCN(CC(=O)Nc1cc(C(C)(C)C)nn1C(C)(C)C)C(=O)Nc1ccc(CC)cc1. The van der Waals surface area contributed by atoms with E-state index in [9.17, 15) is 9.59 Å². The number of anilines is 2. The van der Waals surface area contributed by atoms with E-state index in [1.54, 1.807) is 4.90 Å². The van der Waals surface area contributed by atoms with Crippen LogP contribution in [-0.2, 0) is 22.2 Å². The molecule has 2 N–H and O–H groups in total. The summed E-state index contributed by atoms with van der Waals surface area (Å²) >= 11 is 0. The van der Waals surface area contributed by atoms with Crippen molar-refractivity contribution in [3.63, 3.8) is 0 Å². The molecule has 1 heterocycles. The van der Waals surface area contributed by atoms with Crippen molar-refractivity contribution in [1.82, 2.24) is 14.7 Å². The molecule has 1 aromatic carbocycles. The minimum Gasteiger partial charge on any atom is -0.315 e. The lowest BCUT2D eigenvalue weighted by atomic mass is 9.92. The molecular formula is C26H41N5O2. The molecule has 0 saturated heterocycles. The topological polar surface area (TPSA) is 79.3 Å². The first-order valence-electron chi connectivity index (χ1n) is 11.9. The quantitative estimate of drug-likeness (QED) is 0.530. The molecule has 182 valence electrons. The van der Waals surface area contributed by atoms with Gasteiger partial charge in [-0.1, -0.05) is 53.2 Å². The number of aromatic nitrogens is 2. The first kappa shape index (κ1) is 26.4. The molecule has 1 aromatic heterocycles. The highest BCUT2D eigenvalue weighted by atomic mass is 16.2. The van der Waals surface area contributed by atoms with E-state index >= 15 is 0 Å². The molecule has 0 radical (unpaired) electrons. The molecular weight excluding hydrogens is 414 g/mol. The fourth-order valence-electron chi connectivity index (χ4n) is 3.33. The van der Waals surface area contributed by atoms with Crippen LogP contribution < -0.4 is 10.6 Å². The smallest absolute Gasteiger partial charge is 0.315 e. The Hall–Kier alpha value is -2.83. The van der Waals surface area contributed by atoms with E-state index < -0.39 is 0 Å². The molecule has 0 spiro atoms. The normalized spacial score (nSPS) is 11.9. The Bertz CT molecular complexity index is 933. The lowest BCUT2D eigenvalue weighted by molar-refractivity contribution is -0.116. The van der Waals surface area contributed by atoms with E-state index in [1.807, 2.05) is 55.8 Å². The summed E-state index contributed by atoms with van der Waals surface area (Å²) in [6.07, 6.45) is 2.70. The largest absolute Gasteiger partial charge is 0.322 e. The molecule has 33 heavy (non-hydrogen) atoms. The number of rotatable bonds is 8. The Kier molecular flexibility index (Phi) is 8.69. The van der Waals surface area contributed by atoms with Crippen molar-refractivity contribution >= 4 is 23.4 Å². The summed E-state index contributed by atoms with van der Waals surface area (Å²) in [6.45, 7) is 17.1. The molecule has 0 bridgehead atoms. The zero-order valence-electron chi connectivity index (χ0n) is 21.6. The van der Waals surface area contributed by atoms with E-state index in [-0.39, 0.29) is 29.4 Å². The minimum atomic E-state index is -0.296. The Balaban J connectivity index is 2.16. The van der Waals surface area contributed by atoms with Crippen LogP contribution in [-0.4, -0.2) is 39.7 Å². The number of hydrogen-bond donors (Lipinski definition) is 2. The summed E-state index contributed by atoms with van der Waals surface area (Å²) in [4.78, 5) is 27.5. The molecule has 0 aliphatic carbocycles. The number of nitrogens with zero attached hydrogens (tertiary/aromatic N) is 3. The lowest BCUT2D eigenvalue weighted by Gasteiger charge is -2.25. The highest BCUT2D eigenvalue weighted by Crippen LogP contribution is 2.28. The lowest BCUT2D eigenvalue weighted by Crippen LogP contribution is -2.41. The van der Waals surface area contributed by atoms with E-state index in [4.69, 9.17) is 5.10 Å². The van der Waals surface area contributed by atoms with Crippen LogP contribution in [0.4, 0.5) is 16.3 Å². The van der Waals surface area contributed by atoms with Crippen molar-refractivity contribution < 1.29 is 9.59 Å². The molecule has 0 unspecified atom stereocenters. The van der Waals surface area contributed by atoms with Gasteiger partial charge in [0.05, 0.1) is 11.2 Å². The van der Waals surface area contributed by atoms with E-state index in [0.717, 1.165) is 30.6 Å². The molecule has 0 saturated carbocycles. The number of aryl methyl sites for hydroxylation is 1. The van der Waals surface area contributed by atoms with Gasteiger partial charge in [-0.2, -0.15) is 5.10 Å².